The van der Waals surface area contributed by atoms with Crippen LogP contribution in [-0.4, -0.2) is 53.6 Å². The molecule has 0 aromatic carbocycles. The van der Waals surface area contributed by atoms with E-state index >= 15 is 0 Å². The van der Waals surface area contributed by atoms with Crippen molar-refractivity contribution in [3.05, 3.63) is 0 Å². The minimum Gasteiger partial charge on any atom is -0.329 e. The zero-order valence-electron chi connectivity index (χ0n) is 14.4. The first-order valence-electron chi connectivity index (χ1n) is 9.29. The van der Waals surface area contributed by atoms with E-state index in [1.807, 2.05) is 0 Å². The Hall–Kier alpha value is -0.120. The van der Waals surface area contributed by atoms with Gasteiger partial charge in [0, 0.05) is 30.7 Å². The van der Waals surface area contributed by atoms with Crippen LogP contribution in [-0.2, 0) is 0 Å². The molecule has 3 nitrogen and oxygen atoms in total. The second-order valence-corrected chi connectivity index (χ2v) is 8.08. The van der Waals surface area contributed by atoms with Crippen LogP contribution in [0.4, 0.5) is 0 Å². The molecule has 1 saturated carbocycles. The summed E-state index contributed by atoms with van der Waals surface area (Å²) in [5.41, 5.74) is 7.20. The average Bonchev–Trinajstić information content (AvgIpc) is 3.31. The summed E-state index contributed by atoms with van der Waals surface area (Å²) in [6.07, 6.45) is 9.55. The summed E-state index contributed by atoms with van der Waals surface area (Å²) in [6, 6.07) is 1.61. The summed E-state index contributed by atoms with van der Waals surface area (Å²) >= 11 is 0. The zero-order chi connectivity index (χ0) is 15.1. The lowest BCUT2D eigenvalue weighted by molar-refractivity contribution is 0.0199. The highest BCUT2D eigenvalue weighted by Gasteiger charge is 2.50. The van der Waals surface area contributed by atoms with Crippen molar-refractivity contribution < 1.29 is 0 Å². The van der Waals surface area contributed by atoms with E-state index in [4.69, 9.17) is 5.73 Å². The summed E-state index contributed by atoms with van der Waals surface area (Å²) in [5, 5.41) is 0. The van der Waals surface area contributed by atoms with Crippen molar-refractivity contribution in [2.24, 2.45) is 11.1 Å². The van der Waals surface area contributed by atoms with Gasteiger partial charge in [-0.25, -0.2) is 0 Å². The average molecular weight is 293 g/mol. The van der Waals surface area contributed by atoms with Crippen molar-refractivity contribution in [3.63, 3.8) is 0 Å². The minimum atomic E-state index is 0.273. The third-order valence-electron chi connectivity index (χ3n) is 7.11. The molecule has 3 heteroatoms. The molecule has 2 atom stereocenters. The Labute approximate surface area is 131 Å². The summed E-state index contributed by atoms with van der Waals surface area (Å²) in [7, 11) is 0. The maximum absolute atomic E-state index is 6.31. The predicted molar refractivity (Wildman–Crippen MR) is 89.4 cm³/mol. The fourth-order valence-electron chi connectivity index (χ4n) is 5.04. The van der Waals surface area contributed by atoms with Crippen LogP contribution in [0.25, 0.3) is 0 Å². The quantitative estimate of drug-likeness (QED) is 0.846. The molecule has 0 radical (unpaired) electrons. The lowest BCUT2D eigenvalue weighted by Gasteiger charge is -2.48. The molecule has 0 bridgehead atoms. The van der Waals surface area contributed by atoms with Crippen LogP contribution in [0.2, 0.25) is 0 Å². The summed E-state index contributed by atoms with van der Waals surface area (Å²) in [6.45, 7) is 11.8. The number of nitrogens with zero attached hydrogens (tertiary/aromatic N) is 2. The minimum absolute atomic E-state index is 0.273. The van der Waals surface area contributed by atoms with Crippen LogP contribution in [0.1, 0.15) is 65.7 Å². The van der Waals surface area contributed by atoms with Crippen LogP contribution >= 0.6 is 0 Å². The highest BCUT2D eigenvalue weighted by molar-refractivity contribution is 5.08. The second kappa shape index (κ2) is 5.82. The largest absolute Gasteiger partial charge is 0.329 e. The fraction of sp³-hybridized carbons (Fsp3) is 1.00. The first kappa shape index (κ1) is 15.8. The van der Waals surface area contributed by atoms with Crippen molar-refractivity contribution in [3.8, 4) is 0 Å². The molecule has 122 valence electrons. The number of hydrogen-bond acceptors (Lipinski definition) is 3. The molecule has 0 spiro atoms. The number of piperidine rings is 1. The Morgan fingerprint density at radius 3 is 2.19 bits per heavy atom. The standard InChI is InChI=1S/C18H35N3/c1-4-17(5-2)8-10-20(11-9-17)18(13-19)12-15(3)21(14-18)16-6-7-16/h15-16H,4-14,19H2,1-3H3. The molecule has 3 aliphatic rings. The molecule has 2 saturated heterocycles. The van der Waals surface area contributed by atoms with E-state index < -0.39 is 0 Å². The lowest BCUT2D eigenvalue weighted by atomic mass is 9.73. The van der Waals surface area contributed by atoms with Gasteiger partial charge in [0.25, 0.3) is 0 Å². The normalized spacial score (nSPS) is 38.0. The van der Waals surface area contributed by atoms with Gasteiger partial charge in [-0.15, -0.1) is 0 Å². The highest BCUT2D eigenvalue weighted by atomic mass is 15.3. The van der Waals surface area contributed by atoms with Crippen LogP contribution in [0, 0.1) is 5.41 Å². The molecule has 0 amide bonds. The van der Waals surface area contributed by atoms with E-state index in [1.54, 1.807) is 0 Å². The molecule has 0 aromatic heterocycles. The van der Waals surface area contributed by atoms with Gasteiger partial charge in [-0.1, -0.05) is 26.7 Å². The Morgan fingerprint density at radius 2 is 1.71 bits per heavy atom. The van der Waals surface area contributed by atoms with E-state index in [0.717, 1.165) is 18.6 Å². The van der Waals surface area contributed by atoms with Crippen molar-refractivity contribution in [2.75, 3.05) is 26.2 Å². The molecule has 2 unspecified atom stereocenters. The fourth-order valence-corrected chi connectivity index (χ4v) is 5.04. The van der Waals surface area contributed by atoms with Crippen molar-refractivity contribution in [1.82, 2.24) is 9.80 Å². The van der Waals surface area contributed by atoms with Crippen molar-refractivity contribution >= 4 is 0 Å². The molecule has 3 fully saturated rings. The Morgan fingerprint density at radius 1 is 1.10 bits per heavy atom. The Balaban J connectivity index is 1.67. The number of hydrogen-bond donors (Lipinski definition) is 1. The van der Waals surface area contributed by atoms with Gasteiger partial charge in [0.1, 0.15) is 0 Å². The van der Waals surface area contributed by atoms with Gasteiger partial charge < -0.3 is 5.73 Å². The molecule has 21 heavy (non-hydrogen) atoms. The van der Waals surface area contributed by atoms with Crippen LogP contribution in [0.3, 0.4) is 0 Å². The smallest absolute Gasteiger partial charge is 0.0473 e. The van der Waals surface area contributed by atoms with Gasteiger partial charge in [0.15, 0.2) is 0 Å². The number of likely N-dealkylation sites (tertiary alicyclic amines) is 2. The van der Waals surface area contributed by atoms with E-state index in [9.17, 15) is 0 Å². The van der Waals surface area contributed by atoms with E-state index in [-0.39, 0.29) is 5.54 Å². The molecule has 0 aromatic rings. The maximum atomic E-state index is 6.31. The van der Waals surface area contributed by atoms with Gasteiger partial charge in [-0.2, -0.15) is 0 Å². The van der Waals surface area contributed by atoms with Crippen LogP contribution in [0.5, 0.6) is 0 Å². The number of nitrogens with two attached hydrogens (primary N) is 1. The van der Waals surface area contributed by atoms with E-state index in [1.165, 1.54) is 64.6 Å². The Bertz CT molecular complexity index is 351. The van der Waals surface area contributed by atoms with Crippen molar-refractivity contribution in [2.45, 2.75) is 83.3 Å². The van der Waals surface area contributed by atoms with Crippen molar-refractivity contribution in [1.29, 1.82) is 0 Å². The lowest BCUT2D eigenvalue weighted by Crippen LogP contribution is -2.59. The van der Waals surface area contributed by atoms with Gasteiger partial charge in [0.2, 0.25) is 0 Å². The SMILES string of the molecule is CCC1(CC)CCN(C2(CN)CC(C)N(C3CC3)C2)CC1. The molecule has 3 rings (SSSR count). The maximum Gasteiger partial charge on any atom is 0.0473 e. The third-order valence-corrected chi connectivity index (χ3v) is 7.11. The van der Waals surface area contributed by atoms with Crippen LogP contribution < -0.4 is 5.73 Å². The monoisotopic (exact) mass is 293 g/mol. The Kier molecular flexibility index (Phi) is 4.37. The molecular formula is C18H35N3. The molecule has 2 aliphatic heterocycles. The highest BCUT2D eigenvalue weighted by Crippen LogP contribution is 2.44. The van der Waals surface area contributed by atoms with Gasteiger partial charge in [0.05, 0.1) is 0 Å². The summed E-state index contributed by atoms with van der Waals surface area (Å²) in [5.74, 6) is 0. The van der Waals surface area contributed by atoms with Gasteiger partial charge in [-0.3, -0.25) is 9.80 Å². The molecule has 1 aliphatic carbocycles. The first-order valence-corrected chi connectivity index (χ1v) is 9.29. The van der Waals surface area contributed by atoms with E-state index in [2.05, 4.69) is 30.6 Å². The third kappa shape index (κ3) is 2.77. The number of rotatable bonds is 5. The molecule has 2 heterocycles. The summed E-state index contributed by atoms with van der Waals surface area (Å²) < 4.78 is 0. The summed E-state index contributed by atoms with van der Waals surface area (Å²) in [4.78, 5) is 5.53. The zero-order valence-corrected chi connectivity index (χ0v) is 14.4. The van der Waals surface area contributed by atoms with Crippen LogP contribution in [0.15, 0.2) is 0 Å². The van der Waals surface area contributed by atoms with E-state index in [0.29, 0.717) is 5.41 Å². The first-order chi connectivity index (χ1) is 10.1. The predicted octanol–water partition coefficient (Wildman–Crippen LogP) is 2.84. The molecule has 2 N–H and O–H groups in total. The molecular weight excluding hydrogens is 258 g/mol. The topological polar surface area (TPSA) is 32.5 Å². The van der Waals surface area contributed by atoms with Gasteiger partial charge >= 0.3 is 0 Å². The second-order valence-electron chi connectivity index (χ2n) is 8.08. The van der Waals surface area contributed by atoms with Gasteiger partial charge in [-0.05, 0) is 57.5 Å².